The highest BCUT2D eigenvalue weighted by Crippen LogP contribution is 2.09. The summed E-state index contributed by atoms with van der Waals surface area (Å²) in [5.41, 5.74) is 0.817. The minimum atomic E-state index is -3.10. The van der Waals surface area contributed by atoms with Gasteiger partial charge in [-0.1, -0.05) is 27.8 Å². The molecule has 14 heavy (non-hydrogen) atoms. The first-order chi connectivity index (χ1) is 6.54. The molecular formula is C10H9BrO2S. The SMILES string of the molecule is CS(=O)(=O)c1ccc(C#CCBr)cc1. The Balaban J connectivity index is 3.01. The molecule has 1 rings (SSSR count). The molecule has 0 fully saturated rings. The van der Waals surface area contributed by atoms with Crippen molar-refractivity contribution < 1.29 is 8.42 Å². The van der Waals surface area contributed by atoms with E-state index in [4.69, 9.17) is 0 Å². The summed E-state index contributed by atoms with van der Waals surface area (Å²) in [5, 5.41) is 0.612. The van der Waals surface area contributed by atoms with Gasteiger partial charge in [0.2, 0.25) is 0 Å². The third-order valence-electron chi connectivity index (χ3n) is 1.58. The van der Waals surface area contributed by atoms with Gasteiger partial charge < -0.3 is 0 Å². The van der Waals surface area contributed by atoms with Crippen LogP contribution in [0, 0.1) is 11.8 Å². The maximum Gasteiger partial charge on any atom is 0.175 e. The molecule has 0 amide bonds. The summed E-state index contributed by atoms with van der Waals surface area (Å²) in [5.74, 6) is 5.72. The van der Waals surface area contributed by atoms with Crippen molar-refractivity contribution in [1.29, 1.82) is 0 Å². The minimum Gasteiger partial charge on any atom is -0.224 e. The van der Waals surface area contributed by atoms with Gasteiger partial charge in [0.1, 0.15) is 0 Å². The summed E-state index contributed by atoms with van der Waals surface area (Å²) >= 11 is 3.18. The molecule has 0 radical (unpaired) electrons. The molecule has 0 spiro atoms. The largest absolute Gasteiger partial charge is 0.224 e. The van der Waals surface area contributed by atoms with Crippen molar-refractivity contribution in [2.24, 2.45) is 0 Å². The van der Waals surface area contributed by atoms with Gasteiger partial charge in [-0.05, 0) is 24.3 Å². The van der Waals surface area contributed by atoms with Crippen LogP contribution in [-0.2, 0) is 9.84 Å². The molecule has 1 aromatic carbocycles. The molecule has 4 heteroatoms. The molecule has 74 valence electrons. The summed E-state index contributed by atoms with van der Waals surface area (Å²) in [6.45, 7) is 0. The van der Waals surface area contributed by atoms with Gasteiger partial charge in [0.15, 0.2) is 9.84 Å². The molecule has 0 aliphatic rings. The third kappa shape index (κ3) is 3.17. The zero-order valence-corrected chi connectivity index (χ0v) is 10.0. The number of halogens is 1. The van der Waals surface area contributed by atoms with E-state index in [1.807, 2.05) is 0 Å². The summed E-state index contributed by atoms with van der Waals surface area (Å²) in [7, 11) is -3.10. The van der Waals surface area contributed by atoms with E-state index in [2.05, 4.69) is 27.8 Å². The first kappa shape index (κ1) is 11.3. The van der Waals surface area contributed by atoms with Crippen LogP contribution in [0.4, 0.5) is 0 Å². The second kappa shape index (κ2) is 4.63. The standard InChI is InChI=1S/C10H9BrO2S/c1-14(12,13)10-6-4-9(5-7-10)3-2-8-11/h4-7H,8H2,1H3. The smallest absolute Gasteiger partial charge is 0.175 e. The Morgan fingerprint density at radius 1 is 1.29 bits per heavy atom. The Bertz CT molecular complexity index is 463. The Hall–Kier alpha value is -0.790. The van der Waals surface area contributed by atoms with E-state index in [-0.39, 0.29) is 0 Å². The summed E-state index contributed by atoms with van der Waals surface area (Å²) in [4.78, 5) is 0.321. The summed E-state index contributed by atoms with van der Waals surface area (Å²) in [6, 6.07) is 6.53. The third-order valence-corrected chi connectivity index (χ3v) is 2.99. The van der Waals surface area contributed by atoms with Crippen LogP contribution in [0.5, 0.6) is 0 Å². The van der Waals surface area contributed by atoms with Crippen LogP contribution < -0.4 is 0 Å². The predicted octanol–water partition coefficient (Wildman–Crippen LogP) is 1.84. The van der Waals surface area contributed by atoms with E-state index in [9.17, 15) is 8.42 Å². The van der Waals surface area contributed by atoms with Crippen molar-refractivity contribution in [2.75, 3.05) is 11.6 Å². The Morgan fingerprint density at radius 3 is 2.29 bits per heavy atom. The molecule has 0 aliphatic heterocycles. The molecule has 0 saturated heterocycles. The lowest BCUT2D eigenvalue weighted by molar-refractivity contribution is 0.602. The monoisotopic (exact) mass is 272 g/mol. The molecule has 2 nitrogen and oxygen atoms in total. The van der Waals surface area contributed by atoms with E-state index < -0.39 is 9.84 Å². The van der Waals surface area contributed by atoms with E-state index in [1.54, 1.807) is 24.3 Å². The zero-order valence-electron chi connectivity index (χ0n) is 7.62. The average molecular weight is 273 g/mol. The topological polar surface area (TPSA) is 34.1 Å². The van der Waals surface area contributed by atoms with E-state index in [1.165, 1.54) is 6.26 Å². The first-order valence-electron chi connectivity index (χ1n) is 3.89. The van der Waals surface area contributed by atoms with E-state index >= 15 is 0 Å². The second-order valence-corrected chi connectivity index (χ2v) is 5.31. The predicted molar refractivity (Wildman–Crippen MR) is 60.2 cm³/mol. The van der Waals surface area contributed by atoms with Crippen molar-refractivity contribution >= 4 is 25.8 Å². The Kier molecular flexibility index (Phi) is 3.73. The minimum absolute atomic E-state index is 0.321. The number of hydrogen-bond acceptors (Lipinski definition) is 2. The second-order valence-electron chi connectivity index (χ2n) is 2.73. The highest BCUT2D eigenvalue weighted by Gasteiger charge is 2.04. The molecule has 0 bridgehead atoms. The normalized spacial score (nSPS) is 10.4. The quantitative estimate of drug-likeness (QED) is 0.578. The van der Waals surface area contributed by atoms with Gasteiger partial charge in [0.25, 0.3) is 0 Å². The van der Waals surface area contributed by atoms with Gasteiger partial charge in [0.05, 0.1) is 10.2 Å². The average Bonchev–Trinajstić information content (AvgIpc) is 2.14. The summed E-state index contributed by atoms with van der Waals surface area (Å²) in [6.07, 6.45) is 1.19. The van der Waals surface area contributed by atoms with Crippen LogP contribution in [0.1, 0.15) is 5.56 Å². The Morgan fingerprint density at radius 2 is 1.86 bits per heavy atom. The molecule has 0 aliphatic carbocycles. The molecule has 0 atom stereocenters. The van der Waals surface area contributed by atoms with E-state index in [0.29, 0.717) is 10.2 Å². The molecule has 0 unspecified atom stereocenters. The van der Waals surface area contributed by atoms with Crippen molar-refractivity contribution in [1.82, 2.24) is 0 Å². The maximum atomic E-state index is 11.1. The maximum absolute atomic E-state index is 11.1. The first-order valence-corrected chi connectivity index (χ1v) is 6.90. The van der Waals surface area contributed by atoms with Crippen molar-refractivity contribution in [3.63, 3.8) is 0 Å². The molecule has 0 saturated carbocycles. The number of hydrogen-bond donors (Lipinski definition) is 0. The van der Waals surface area contributed by atoms with Gasteiger partial charge >= 0.3 is 0 Å². The highest BCUT2D eigenvalue weighted by molar-refractivity contribution is 9.09. The lowest BCUT2D eigenvalue weighted by Crippen LogP contribution is -1.96. The zero-order chi connectivity index (χ0) is 10.6. The van der Waals surface area contributed by atoms with Crippen molar-refractivity contribution in [2.45, 2.75) is 4.90 Å². The fourth-order valence-electron chi connectivity index (χ4n) is 0.921. The van der Waals surface area contributed by atoms with Gasteiger partial charge in [-0.3, -0.25) is 0 Å². The van der Waals surface area contributed by atoms with Gasteiger partial charge in [-0.2, -0.15) is 0 Å². The van der Waals surface area contributed by atoms with Crippen LogP contribution in [0.25, 0.3) is 0 Å². The lowest BCUT2D eigenvalue weighted by atomic mass is 10.2. The molecule has 1 aromatic rings. The van der Waals surface area contributed by atoms with Crippen LogP contribution in [0.2, 0.25) is 0 Å². The Labute approximate surface area is 92.4 Å². The lowest BCUT2D eigenvalue weighted by Gasteiger charge is -1.96. The van der Waals surface area contributed by atoms with Crippen LogP contribution in [0.3, 0.4) is 0 Å². The van der Waals surface area contributed by atoms with Gasteiger partial charge in [-0.15, -0.1) is 0 Å². The van der Waals surface area contributed by atoms with Crippen LogP contribution >= 0.6 is 15.9 Å². The molecule has 0 heterocycles. The van der Waals surface area contributed by atoms with Gasteiger partial charge in [-0.25, -0.2) is 8.42 Å². The fourth-order valence-corrected chi connectivity index (χ4v) is 1.69. The van der Waals surface area contributed by atoms with Crippen molar-refractivity contribution in [3.05, 3.63) is 29.8 Å². The number of benzene rings is 1. The molecular weight excluding hydrogens is 264 g/mol. The molecule has 0 N–H and O–H groups in total. The van der Waals surface area contributed by atoms with E-state index in [0.717, 1.165) is 5.56 Å². The summed E-state index contributed by atoms with van der Waals surface area (Å²) < 4.78 is 22.2. The van der Waals surface area contributed by atoms with Crippen molar-refractivity contribution in [3.8, 4) is 11.8 Å². The molecule has 0 aromatic heterocycles. The van der Waals surface area contributed by atoms with Crippen LogP contribution in [-0.4, -0.2) is 20.0 Å². The van der Waals surface area contributed by atoms with Crippen LogP contribution in [0.15, 0.2) is 29.2 Å². The highest BCUT2D eigenvalue weighted by atomic mass is 79.9. The number of sulfone groups is 1. The van der Waals surface area contributed by atoms with Gasteiger partial charge in [0, 0.05) is 11.8 Å². The number of alkyl halides is 1. The number of rotatable bonds is 1. The fraction of sp³-hybridized carbons (Fsp3) is 0.200.